The summed E-state index contributed by atoms with van der Waals surface area (Å²) in [5.41, 5.74) is 1.36. The highest BCUT2D eigenvalue weighted by molar-refractivity contribution is 7.91. The molecule has 0 spiro atoms. The molecule has 1 fully saturated rings. The average molecular weight is 350 g/mol. The second-order valence-electron chi connectivity index (χ2n) is 5.75. The molecular formula is C16H18N2O3S2. The van der Waals surface area contributed by atoms with Gasteiger partial charge in [0.25, 0.3) is 5.91 Å². The number of hydrogen-bond donors (Lipinski definition) is 0. The lowest BCUT2D eigenvalue weighted by atomic mass is 10.1. The standard InChI is InChI=1S/C16H18N2O3S2/c1-11-17-14(15(22-11)12-6-4-3-5-7-12)16(19)18(2)13-8-9-23(20,21)10-13/h3-7,13H,8-10H2,1-2H3. The van der Waals surface area contributed by atoms with Crippen LogP contribution >= 0.6 is 11.3 Å². The fourth-order valence-electron chi connectivity index (χ4n) is 2.77. The Hall–Kier alpha value is -1.73. The van der Waals surface area contributed by atoms with Crippen LogP contribution in [0.4, 0.5) is 0 Å². The van der Waals surface area contributed by atoms with Crippen molar-refractivity contribution in [2.75, 3.05) is 18.6 Å². The molecule has 2 aromatic rings. The van der Waals surface area contributed by atoms with Gasteiger partial charge >= 0.3 is 0 Å². The molecule has 23 heavy (non-hydrogen) atoms. The van der Waals surface area contributed by atoms with E-state index in [1.54, 1.807) is 7.05 Å². The molecule has 1 atom stereocenters. The molecule has 1 unspecified atom stereocenters. The summed E-state index contributed by atoms with van der Waals surface area (Å²) >= 11 is 1.48. The van der Waals surface area contributed by atoms with E-state index < -0.39 is 9.84 Å². The predicted octanol–water partition coefficient (Wildman–Crippen LogP) is 2.38. The van der Waals surface area contributed by atoms with Crippen LogP contribution in [0.1, 0.15) is 21.9 Å². The van der Waals surface area contributed by atoms with Crippen LogP contribution in [0.3, 0.4) is 0 Å². The molecule has 2 heterocycles. The minimum Gasteiger partial charge on any atom is -0.336 e. The molecule has 0 N–H and O–H groups in total. The zero-order valence-electron chi connectivity index (χ0n) is 13.0. The zero-order valence-corrected chi connectivity index (χ0v) is 14.7. The van der Waals surface area contributed by atoms with Gasteiger partial charge in [0.2, 0.25) is 0 Å². The summed E-state index contributed by atoms with van der Waals surface area (Å²) in [6.45, 7) is 1.87. The Labute approximate surface area is 139 Å². The van der Waals surface area contributed by atoms with Crippen molar-refractivity contribution in [1.29, 1.82) is 0 Å². The first-order valence-corrected chi connectivity index (χ1v) is 10.0. The van der Waals surface area contributed by atoms with Crippen LogP contribution in [0.25, 0.3) is 10.4 Å². The summed E-state index contributed by atoms with van der Waals surface area (Å²) in [5, 5.41) is 0.819. The van der Waals surface area contributed by atoms with Gasteiger partial charge in [0.1, 0.15) is 5.69 Å². The van der Waals surface area contributed by atoms with Gasteiger partial charge < -0.3 is 4.90 Å². The van der Waals surface area contributed by atoms with Crippen LogP contribution in [0, 0.1) is 6.92 Å². The summed E-state index contributed by atoms with van der Waals surface area (Å²) in [4.78, 5) is 19.6. The molecule has 0 radical (unpaired) electrons. The van der Waals surface area contributed by atoms with E-state index >= 15 is 0 Å². The van der Waals surface area contributed by atoms with E-state index in [9.17, 15) is 13.2 Å². The number of carbonyl (C=O) groups excluding carboxylic acids is 1. The molecule has 0 saturated carbocycles. The van der Waals surface area contributed by atoms with E-state index in [-0.39, 0.29) is 23.5 Å². The Kier molecular flexibility index (Phi) is 4.25. The maximum atomic E-state index is 12.8. The number of benzene rings is 1. The molecule has 1 saturated heterocycles. The van der Waals surface area contributed by atoms with Crippen molar-refractivity contribution >= 4 is 27.1 Å². The van der Waals surface area contributed by atoms with Crippen molar-refractivity contribution in [1.82, 2.24) is 9.88 Å². The molecular weight excluding hydrogens is 332 g/mol. The lowest BCUT2D eigenvalue weighted by Gasteiger charge is -2.23. The first kappa shape index (κ1) is 16.1. The molecule has 1 aliphatic rings. The highest BCUT2D eigenvalue weighted by Gasteiger charge is 2.34. The zero-order chi connectivity index (χ0) is 16.6. The smallest absolute Gasteiger partial charge is 0.274 e. The summed E-state index contributed by atoms with van der Waals surface area (Å²) in [6, 6.07) is 9.40. The summed E-state index contributed by atoms with van der Waals surface area (Å²) < 4.78 is 23.3. The Morgan fingerprint density at radius 3 is 2.61 bits per heavy atom. The third kappa shape index (κ3) is 3.30. The van der Waals surface area contributed by atoms with E-state index in [4.69, 9.17) is 0 Å². The highest BCUT2D eigenvalue weighted by Crippen LogP contribution is 2.31. The molecule has 1 aromatic heterocycles. The summed E-state index contributed by atoms with van der Waals surface area (Å²) in [5.74, 6) is -0.0223. The number of hydrogen-bond acceptors (Lipinski definition) is 5. The van der Waals surface area contributed by atoms with Gasteiger partial charge in [-0.1, -0.05) is 30.3 Å². The van der Waals surface area contributed by atoms with Crippen molar-refractivity contribution in [3.63, 3.8) is 0 Å². The van der Waals surface area contributed by atoms with Gasteiger partial charge in [-0.25, -0.2) is 13.4 Å². The van der Waals surface area contributed by atoms with E-state index in [0.717, 1.165) is 15.4 Å². The topological polar surface area (TPSA) is 67.3 Å². The van der Waals surface area contributed by atoms with Crippen molar-refractivity contribution in [2.45, 2.75) is 19.4 Å². The van der Waals surface area contributed by atoms with Gasteiger partial charge in [0, 0.05) is 13.1 Å². The normalized spacial score (nSPS) is 19.7. The maximum Gasteiger partial charge on any atom is 0.274 e. The second kappa shape index (κ2) is 6.05. The molecule has 0 aliphatic carbocycles. The number of amides is 1. The molecule has 1 aliphatic heterocycles. The minimum absolute atomic E-state index is 0.0407. The van der Waals surface area contributed by atoms with Gasteiger partial charge in [-0.2, -0.15) is 0 Å². The van der Waals surface area contributed by atoms with Gasteiger partial charge in [-0.15, -0.1) is 11.3 Å². The average Bonchev–Trinajstić information content (AvgIpc) is 3.09. The first-order valence-electron chi connectivity index (χ1n) is 7.38. The number of rotatable bonds is 3. The van der Waals surface area contributed by atoms with Crippen molar-refractivity contribution in [3.8, 4) is 10.4 Å². The lowest BCUT2D eigenvalue weighted by Crippen LogP contribution is -2.38. The first-order chi connectivity index (χ1) is 10.9. The number of thiazole rings is 1. The molecule has 122 valence electrons. The second-order valence-corrected chi connectivity index (χ2v) is 9.18. The van der Waals surface area contributed by atoms with Gasteiger partial charge in [0.15, 0.2) is 9.84 Å². The number of aromatic nitrogens is 1. The lowest BCUT2D eigenvalue weighted by molar-refractivity contribution is 0.0743. The van der Waals surface area contributed by atoms with Crippen molar-refractivity contribution in [2.24, 2.45) is 0 Å². The van der Waals surface area contributed by atoms with Gasteiger partial charge in [-0.3, -0.25) is 4.79 Å². The number of nitrogens with zero attached hydrogens (tertiary/aromatic N) is 2. The molecule has 1 amide bonds. The van der Waals surface area contributed by atoms with Gasteiger partial charge in [-0.05, 0) is 18.9 Å². The van der Waals surface area contributed by atoms with Crippen molar-refractivity contribution in [3.05, 3.63) is 41.0 Å². The number of sulfone groups is 1. The summed E-state index contributed by atoms with van der Waals surface area (Å²) in [6.07, 6.45) is 0.494. The quantitative estimate of drug-likeness (QED) is 0.852. The van der Waals surface area contributed by atoms with E-state index in [2.05, 4.69) is 4.98 Å². The van der Waals surface area contributed by atoms with Crippen LogP contribution in [-0.2, 0) is 9.84 Å². The monoisotopic (exact) mass is 350 g/mol. The van der Waals surface area contributed by atoms with Crippen LogP contribution in [0.5, 0.6) is 0 Å². The van der Waals surface area contributed by atoms with Crippen LogP contribution in [0.15, 0.2) is 30.3 Å². The summed E-state index contributed by atoms with van der Waals surface area (Å²) in [7, 11) is -1.36. The highest BCUT2D eigenvalue weighted by atomic mass is 32.2. The fourth-order valence-corrected chi connectivity index (χ4v) is 5.46. The fraction of sp³-hybridized carbons (Fsp3) is 0.375. The van der Waals surface area contributed by atoms with Crippen LogP contribution in [-0.4, -0.2) is 48.8 Å². The third-order valence-electron chi connectivity index (χ3n) is 4.05. The van der Waals surface area contributed by atoms with E-state index in [0.29, 0.717) is 12.1 Å². The molecule has 5 nitrogen and oxygen atoms in total. The molecule has 3 rings (SSSR count). The van der Waals surface area contributed by atoms with Crippen LogP contribution < -0.4 is 0 Å². The Morgan fingerprint density at radius 2 is 2.00 bits per heavy atom. The number of aryl methyl sites for hydroxylation is 1. The Morgan fingerprint density at radius 1 is 1.30 bits per heavy atom. The van der Waals surface area contributed by atoms with Gasteiger partial charge in [0.05, 0.1) is 21.4 Å². The number of carbonyl (C=O) groups is 1. The Bertz CT molecular complexity index is 828. The molecule has 1 aromatic carbocycles. The SMILES string of the molecule is Cc1nc(C(=O)N(C)C2CCS(=O)(=O)C2)c(-c2ccccc2)s1. The van der Waals surface area contributed by atoms with E-state index in [1.807, 2.05) is 37.3 Å². The minimum atomic E-state index is -3.02. The Balaban J connectivity index is 1.91. The largest absolute Gasteiger partial charge is 0.336 e. The molecule has 7 heteroatoms. The predicted molar refractivity (Wildman–Crippen MR) is 91.4 cm³/mol. The maximum absolute atomic E-state index is 12.8. The van der Waals surface area contributed by atoms with Crippen molar-refractivity contribution < 1.29 is 13.2 Å². The van der Waals surface area contributed by atoms with E-state index in [1.165, 1.54) is 16.2 Å². The third-order valence-corrected chi connectivity index (χ3v) is 6.82. The van der Waals surface area contributed by atoms with Crippen LogP contribution in [0.2, 0.25) is 0 Å². The molecule has 0 bridgehead atoms.